The summed E-state index contributed by atoms with van der Waals surface area (Å²) in [4.78, 5) is 0. The van der Waals surface area contributed by atoms with E-state index in [0.717, 1.165) is 18.8 Å². The fraction of sp³-hybridized carbons (Fsp3) is 0.905. The first-order valence-electron chi connectivity index (χ1n) is 10.2. The quantitative estimate of drug-likeness (QED) is 0.638. The molecule has 7 atom stereocenters. The minimum Gasteiger partial charge on any atom is -0.392 e. The zero-order chi connectivity index (χ0) is 16.8. The summed E-state index contributed by atoms with van der Waals surface area (Å²) >= 11 is 0. The number of aliphatic hydroxyl groups is 1. The molecule has 2 fully saturated rings. The molecule has 0 heterocycles. The van der Waals surface area contributed by atoms with Crippen LogP contribution in [-0.2, 0) is 0 Å². The molecule has 23 heavy (non-hydrogen) atoms. The summed E-state index contributed by atoms with van der Waals surface area (Å²) in [5.41, 5.74) is 10.1. The van der Waals surface area contributed by atoms with Gasteiger partial charge in [-0.3, -0.25) is 0 Å². The Hall–Kier alpha value is -0.340. The predicted molar refractivity (Wildman–Crippen MR) is 97.0 cm³/mol. The van der Waals surface area contributed by atoms with Crippen molar-refractivity contribution < 1.29 is 5.11 Å². The summed E-state index contributed by atoms with van der Waals surface area (Å²) in [6, 6.07) is 0.372. The molecular formula is C21H37NO. The van der Waals surface area contributed by atoms with Crippen LogP contribution in [0.2, 0.25) is 0 Å². The summed E-state index contributed by atoms with van der Waals surface area (Å²) in [6.45, 7) is 8.92. The lowest BCUT2D eigenvalue weighted by Crippen LogP contribution is -2.54. The summed E-state index contributed by atoms with van der Waals surface area (Å²) < 4.78 is 0. The first-order valence-corrected chi connectivity index (χ1v) is 10.2. The van der Waals surface area contributed by atoms with E-state index < -0.39 is 0 Å². The second-order valence-corrected chi connectivity index (χ2v) is 8.70. The summed E-state index contributed by atoms with van der Waals surface area (Å²) in [5.74, 6) is 2.62. The van der Waals surface area contributed by atoms with Crippen molar-refractivity contribution in [1.82, 2.24) is 0 Å². The molecule has 4 aliphatic carbocycles. The minimum atomic E-state index is -0.103. The first kappa shape index (κ1) is 17.5. The third-order valence-corrected chi connectivity index (χ3v) is 7.78. The average molecular weight is 320 g/mol. The number of hydrogen-bond donors (Lipinski definition) is 2. The molecule has 0 aromatic heterocycles. The standard InChI is InChI=1S/C19H31NO.C2H6/c1-11-3-4-15-14(11)5-6-16-18(15)17(21)10-12-9-13(20)7-8-19(12,16)2;1-2/h11-13,16-18,21H,3-10,20H2,1-2H3;1-2H3/t11-,12?,13?,16?,17?,18?,19-;/m0./s1. The van der Waals surface area contributed by atoms with E-state index in [4.69, 9.17) is 5.73 Å². The summed E-state index contributed by atoms with van der Waals surface area (Å²) in [7, 11) is 0. The molecule has 0 bridgehead atoms. The Morgan fingerprint density at radius 2 is 1.74 bits per heavy atom. The maximum absolute atomic E-state index is 10.9. The zero-order valence-electron chi connectivity index (χ0n) is 15.6. The van der Waals surface area contributed by atoms with Crippen molar-refractivity contribution in [1.29, 1.82) is 0 Å². The van der Waals surface area contributed by atoms with Crippen LogP contribution in [0.15, 0.2) is 11.1 Å². The average Bonchev–Trinajstić information content (AvgIpc) is 2.93. The molecule has 0 aromatic carbocycles. The van der Waals surface area contributed by atoms with Crippen molar-refractivity contribution in [3.63, 3.8) is 0 Å². The molecule has 2 nitrogen and oxygen atoms in total. The Morgan fingerprint density at radius 3 is 2.48 bits per heavy atom. The number of nitrogens with two attached hydrogens (primary N) is 1. The minimum absolute atomic E-state index is 0.103. The van der Waals surface area contributed by atoms with E-state index >= 15 is 0 Å². The van der Waals surface area contributed by atoms with Gasteiger partial charge >= 0.3 is 0 Å². The molecule has 2 heteroatoms. The fourth-order valence-corrected chi connectivity index (χ4v) is 6.53. The lowest BCUT2D eigenvalue weighted by atomic mass is 9.48. The van der Waals surface area contributed by atoms with Crippen LogP contribution in [0.4, 0.5) is 0 Å². The van der Waals surface area contributed by atoms with Crippen LogP contribution in [0.1, 0.15) is 79.1 Å². The van der Waals surface area contributed by atoms with Crippen molar-refractivity contribution >= 4 is 0 Å². The molecule has 0 aliphatic heterocycles. The van der Waals surface area contributed by atoms with Gasteiger partial charge in [0.1, 0.15) is 0 Å². The zero-order valence-corrected chi connectivity index (χ0v) is 15.6. The predicted octanol–water partition coefficient (Wildman–Crippen LogP) is 4.66. The van der Waals surface area contributed by atoms with Gasteiger partial charge in [0, 0.05) is 12.0 Å². The van der Waals surface area contributed by atoms with E-state index in [1.807, 2.05) is 13.8 Å². The summed E-state index contributed by atoms with van der Waals surface area (Å²) in [6.07, 6.45) is 9.70. The fourth-order valence-electron chi connectivity index (χ4n) is 6.53. The Labute approximate surface area is 142 Å². The van der Waals surface area contributed by atoms with Gasteiger partial charge in [-0.25, -0.2) is 0 Å². The van der Waals surface area contributed by atoms with Gasteiger partial charge in [-0.05, 0) is 74.5 Å². The van der Waals surface area contributed by atoms with Crippen LogP contribution < -0.4 is 5.73 Å². The highest BCUT2D eigenvalue weighted by molar-refractivity contribution is 5.31. The lowest BCUT2D eigenvalue weighted by Gasteiger charge is -2.58. The molecule has 4 rings (SSSR count). The molecule has 0 aromatic rings. The maximum atomic E-state index is 10.9. The van der Waals surface area contributed by atoms with Crippen LogP contribution in [0.25, 0.3) is 0 Å². The molecule has 3 N–H and O–H groups in total. The van der Waals surface area contributed by atoms with Crippen LogP contribution in [-0.4, -0.2) is 17.3 Å². The van der Waals surface area contributed by atoms with Gasteiger partial charge in [0.25, 0.3) is 0 Å². The lowest BCUT2D eigenvalue weighted by molar-refractivity contribution is -0.0982. The monoisotopic (exact) mass is 319 g/mol. The first-order chi connectivity index (χ1) is 11.0. The van der Waals surface area contributed by atoms with E-state index in [1.165, 1.54) is 38.5 Å². The molecule has 4 aliphatic rings. The van der Waals surface area contributed by atoms with Gasteiger partial charge in [-0.1, -0.05) is 38.8 Å². The van der Waals surface area contributed by atoms with Gasteiger partial charge < -0.3 is 10.8 Å². The molecule has 5 unspecified atom stereocenters. The van der Waals surface area contributed by atoms with E-state index in [2.05, 4.69) is 13.8 Å². The van der Waals surface area contributed by atoms with E-state index in [1.54, 1.807) is 11.1 Å². The van der Waals surface area contributed by atoms with E-state index in [9.17, 15) is 5.11 Å². The van der Waals surface area contributed by atoms with Crippen molar-refractivity contribution in [3.05, 3.63) is 11.1 Å². The number of rotatable bonds is 0. The smallest absolute Gasteiger partial charge is 0.0611 e. The summed E-state index contributed by atoms with van der Waals surface area (Å²) in [5, 5.41) is 10.9. The van der Waals surface area contributed by atoms with Gasteiger partial charge in [0.15, 0.2) is 0 Å². The topological polar surface area (TPSA) is 46.2 Å². The molecular weight excluding hydrogens is 282 g/mol. The molecule has 0 amide bonds. The van der Waals surface area contributed by atoms with Gasteiger partial charge in [0.2, 0.25) is 0 Å². The highest BCUT2D eigenvalue weighted by Crippen LogP contribution is 2.61. The second-order valence-electron chi connectivity index (χ2n) is 8.70. The largest absolute Gasteiger partial charge is 0.392 e. The number of fused-ring (bicyclic) bond motifs is 4. The van der Waals surface area contributed by atoms with E-state index in [-0.39, 0.29) is 6.10 Å². The van der Waals surface area contributed by atoms with Crippen LogP contribution >= 0.6 is 0 Å². The van der Waals surface area contributed by atoms with Crippen LogP contribution in [0.3, 0.4) is 0 Å². The van der Waals surface area contributed by atoms with Crippen LogP contribution in [0, 0.1) is 29.1 Å². The molecule has 132 valence electrons. The van der Waals surface area contributed by atoms with Crippen molar-refractivity contribution in [2.75, 3.05) is 0 Å². The molecule has 0 saturated heterocycles. The van der Waals surface area contributed by atoms with Gasteiger partial charge in [-0.15, -0.1) is 0 Å². The Kier molecular flexibility index (Phi) is 4.95. The van der Waals surface area contributed by atoms with Crippen molar-refractivity contribution in [3.8, 4) is 0 Å². The van der Waals surface area contributed by atoms with Gasteiger partial charge in [-0.2, -0.15) is 0 Å². The van der Waals surface area contributed by atoms with E-state index in [0.29, 0.717) is 29.2 Å². The maximum Gasteiger partial charge on any atom is 0.0611 e. The third kappa shape index (κ3) is 2.70. The third-order valence-electron chi connectivity index (χ3n) is 7.78. The highest BCUT2D eigenvalue weighted by Gasteiger charge is 2.55. The number of allylic oxidation sites excluding steroid dienone is 1. The normalized spacial score (nSPS) is 48.8. The SMILES string of the molecule is CC.C[C@H]1CCC2=C1CCC1C2C(O)CC2CC(N)CC[C@@]21C. The van der Waals surface area contributed by atoms with Crippen molar-refractivity contribution in [2.45, 2.75) is 91.2 Å². The Morgan fingerprint density at radius 1 is 1.04 bits per heavy atom. The Balaban J connectivity index is 0.000000753. The van der Waals surface area contributed by atoms with Crippen LogP contribution in [0.5, 0.6) is 0 Å². The van der Waals surface area contributed by atoms with Gasteiger partial charge in [0.05, 0.1) is 6.10 Å². The van der Waals surface area contributed by atoms with Crippen molar-refractivity contribution in [2.24, 2.45) is 34.8 Å². The second kappa shape index (κ2) is 6.52. The highest BCUT2D eigenvalue weighted by atomic mass is 16.3. The molecule has 0 radical (unpaired) electrons. The Bertz CT molecular complexity index is 470. The number of hydrogen-bond acceptors (Lipinski definition) is 2. The molecule has 2 saturated carbocycles. The number of aliphatic hydroxyl groups excluding tert-OH is 1. The molecule has 0 spiro atoms.